The highest BCUT2D eigenvalue weighted by molar-refractivity contribution is 5.33. The number of ether oxygens (including phenoxy) is 1. The van der Waals surface area contributed by atoms with Crippen LogP contribution in [0.2, 0.25) is 0 Å². The molecule has 2 heteroatoms. The summed E-state index contributed by atoms with van der Waals surface area (Å²) < 4.78 is 5.49. The summed E-state index contributed by atoms with van der Waals surface area (Å²) >= 11 is 0. The van der Waals surface area contributed by atoms with Gasteiger partial charge < -0.3 is 9.84 Å². The summed E-state index contributed by atoms with van der Waals surface area (Å²) in [7, 11) is 0. The maximum absolute atomic E-state index is 9.05. The Labute approximate surface area is 85.5 Å². The molecule has 0 radical (unpaired) electrons. The summed E-state index contributed by atoms with van der Waals surface area (Å²) in [4.78, 5) is 0. The highest BCUT2D eigenvalue weighted by Crippen LogP contribution is 2.16. The van der Waals surface area contributed by atoms with E-state index in [0.29, 0.717) is 13.0 Å². The van der Waals surface area contributed by atoms with E-state index in [2.05, 4.69) is 13.8 Å². The van der Waals surface area contributed by atoms with Crippen molar-refractivity contribution in [3.8, 4) is 5.75 Å². The Morgan fingerprint density at radius 2 is 2.00 bits per heavy atom. The van der Waals surface area contributed by atoms with Gasteiger partial charge in [0.1, 0.15) is 5.75 Å². The Bertz CT molecular complexity index is 292. The van der Waals surface area contributed by atoms with Crippen molar-refractivity contribution >= 4 is 0 Å². The van der Waals surface area contributed by atoms with Gasteiger partial charge in [0, 0.05) is 6.42 Å². The molecule has 0 aliphatic heterocycles. The van der Waals surface area contributed by atoms with Gasteiger partial charge >= 0.3 is 0 Å². The van der Waals surface area contributed by atoms with Crippen LogP contribution in [0.4, 0.5) is 0 Å². The molecule has 0 heterocycles. The molecular formula is C12H18O2. The molecule has 1 atom stereocenters. The van der Waals surface area contributed by atoms with E-state index in [-0.39, 0.29) is 6.10 Å². The molecule has 1 rings (SSSR count). The lowest BCUT2D eigenvalue weighted by molar-refractivity contribution is 0.155. The molecular weight excluding hydrogens is 176 g/mol. The highest BCUT2D eigenvalue weighted by atomic mass is 16.5. The van der Waals surface area contributed by atoms with Gasteiger partial charge in [0.15, 0.2) is 0 Å². The molecule has 1 N–H and O–H groups in total. The molecule has 2 nitrogen and oxygen atoms in total. The Kier molecular flexibility index (Phi) is 3.96. The number of aryl methyl sites for hydroxylation is 2. The van der Waals surface area contributed by atoms with E-state index in [1.165, 1.54) is 11.1 Å². The van der Waals surface area contributed by atoms with Crippen molar-refractivity contribution in [2.24, 2.45) is 0 Å². The number of benzene rings is 1. The fourth-order valence-electron chi connectivity index (χ4n) is 1.15. The largest absolute Gasteiger partial charge is 0.493 e. The zero-order chi connectivity index (χ0) is 10.6. The Hall–Kier alpha value is -1.02. The van der Waals surface area contributed by atoms with Crippen molar-refractivity contribution in [2.45, 2.75) is 33.3 Å². The lowest BCUT2D eigenvalue weighted by atomic mass is 10.1. The molecule has 14 heavy (non-hydrogen) atoms. The van der Waals surface area contributed by atoms with Crippen LogP contribution in [0.25, 0.3) is 0 Å². The summed E-state index contributed by atoms with van der Waals surface area (Å²) in [5.74, 6) is 0.883. The number of hydrogen-bond donors (Lipinski definition) is 1. The van der Waals surface area contributed by atoms with Crippen LogP contribution in [0.1, 0.15) is 24.5 Å². The summed E-state index contributed by atoms with van der Waals surface area (Å²) in [6.45, 7) is 6.48. The first-order valence-corrected chi connectivity index (χ1v) is 4.97. The average molecular weight is 194 g/mol. The fraction of sp³-hybridized carbons (Fsp3) is 0.500. The van der Waals surface area contributed by atoms with Crippen LogP contribution in [0.5, 0.6) is 5.75 Å². The summed E-state index contributed by atoms with van der Waals surface area (Å²) in [6.07, 6.45) is 0.383. The molecule has 0 fully saturated rings. The number of rotatable bonds is 4. The minimum Gasteiger partial charge on any atom is -0.493 e. The van der Waals surface area contributed by atoms with Crippen LogP contribution in [0, 0.1) is 13.8 Å². The predicted molar refractivity (Wildman–Crippen MR) is 57.7 cm³/mol. The maximum atomic E-state index is 9.05. The van der Waals surface area contributed by atoms with Gasteiger partial charge in [-0.2, -0.15) is 0 Å². The lowest BCUT2D eigenvalue weighted by Gasteiger charge is -2.09. The van der Waals surface area contributed by atoms with Gasteiger partial charge in [0.05, 0.1) is 12.7 Å². The minimum atomic E-state index is -0.290. The Morgan fingerprint density at radius 3 is 2.57 bits per heavy atom. The molecule has 0 spiro atoms. The SMILES string of the molecule is Cc1ccc(OCCC(C)O)cc1C. The van der Waals surface area contributed by atoms with E-state index in [4.69, 9.17) is 9.84 Å². The van der Waals surface area contributed by atoms with E-state index >= 15 is 0 Å². The molecule has 78 valence electrons. The Balaban J connectivity index is 2.47. The summed E-state index contributed by atoms with van der Waals surface area (Å²) in [5, 5.41) is 9.05. The van der Waals surface area contributed by atoms with Crippen molar-refractivity contribution in [1.29, 1.82) is 0 Å². The van der Waals surface area contributed by atoms with Gasteiger partial charge in [-0.25, -0.2) is 0 Å². The second kappa shape index (κ2) is 5.01. The average Bonchev–Trinajstić information content (AvgIpc) is 2.10. The number of hydrogen-bond acceptors (Lipinski definition) is 2. The van der Waals surface area contributed by atoms with Crippen molar-refractivity contribution in [3.63, 3.8) is 0 Å². The molecule has 0 bridgehead atoms. The van der Waals surface area contributed by atoms with Crippen molar-refractivity contribution in [2.75, 3.05) is 6.61 Å². The molecule has 1 aromatic rings. The maximum Gasteiger partial charge on any atom is 0.119 e. The van der Waals surface area contributed by atoms with Crippen molar-refractivity contribution < 1.29 is 9.84 Å². The molecule has 0 amide bonds. The fourth-order valence-corrected chi connectivity index (χ4v) is 1.15. The zero-order valence-corrected chi connectivity index (χ0v) is 9.08. The second-order valence-electron chi connectivity index (χ2n) is 3.73. The smallest absolute Gasteiger partial charge is 0.119 e. The van der Waals surface area contributed by atoms with Gasteiger partial charge in [0.25, 0.3) is 0 Å². The molecule has 0 aliphatic carbocycles. The van der Waals surface area contributed by atoms with Crippen LogP contribution in [0.15, 0.2) is 18.2 Å². The van der Waals surface area contributed by atoms with Crippen LogP contribution >= 0.6 is 0 Å². The molecule has 0 aromatic heterocycles. The number of aliphatic hydroxyl groups excluding tert-OH is 1. The first-order chi connectivity index (χ1) is 6.59. The zero-order valence-electron chi connectivity index (χ0n) is 9.08. The number of aliphatic hydroxyl groups is 1. The van der Waals surface area contributed by atoms with E-state index < -0.39 is 0 Å². The van der Waals surface area contributed by atoms with E-state index in [1.807, 2.05) is 18.2 Å². The first kappa shape index (κ1) is 11.1. The van der Waals surface area contributed by atoms with Gasteiger partial charge in [0.2, 0.25) is 0 Å². The van der Waals surface area contributed by atoms with Crippen LogP contribution in [-0.4, -0.2) is 17.8 Å². The van der Waals surface area contributed by atoms with Gasteiger partial charge in [-0.3, -0.25) is 0 Å². The Morgan fingerprint density at radius 1 is 1.29 bits per heavy atom. The van der Waals surface area contributed by atoms with E-state index in [9.17, 15) is 0 Å². The summed E-state index contributed by atoms with van der Waals surface area (Å²) in [6, 6.07) is 6.04. The third-order valence-corrected chi connectivity index (χ3v) is 2.28. The van der Waals surface area contributed by atoms with Gasteiger partial charge in [-0.05, 0) is 44.0 Å². The van der Waals surface area contributed by atoms with Gasteiger partial charge in [-0.15, -0.1) is 0 Å². The molecule has 1 unspecified atom stereocenters. The second-order valence-corrected chi connectivity index (χ2v) is 3.73. The molecule has 0 saturated heterocycles. The standard InChI is InChI=1S/C12H18O2/c1-9-4-5-12(8-10(9)2)14-7-6-11(3)13/h4-5,8,11,13H,6-7H2,1-3H3. The van der Waals surface area contributed by atoms with Crippen LogP contribution < -0.4 is 4.74 Å². The first-order valence-electron chi connectivity index (χ1n) is 4.97. The predicted octanol–water partition coefficient (Wildman–Crippen LogP) is 2.45. The van der Waals surface area contributed by atoms with Crippen LogP contribution in [0.3, 0.4) is 0 Å². The lowest BCUT2D eigenvalue weighted by Crippen LogP contribution is -2.07. The van der Waals surface area contributed by atoms with Gasteiger partial charge in [-0.1, -0.05) is 6.07 Å². The molecule has 1 aromatic carbocycles. The third-order valence-electron chi connectivity index (χ3n) is 2.28. The van der Waals surface area contributed by atoms with Crippen molar-refractivity contribution in [3.05, 3.63) is 29.3 Å². The molecule has 0 aliphatic rings. The van der Waals surface area contributed by atoms with E-state index in [0.717, 1.165) is 5.75 Å². The normalized spacial score (nSPS) is 12.6. The third kappa shape index (κ3) is 3.38. The van der Waals surface area contributed by atoms with Crippen LogP contribution in [-0.2, 0) is 0 Å². The topological polar surface area (TPSA) is 29.5 Å². The molecule has 0 saturated carbocycles. The summed E-state index contributed by atoms with van der Waals surface area (Å²) in [5.41, 5.74) is 2.51. The van der Waals surface area contributed by atoms with Crippen molar-refractivity contribution in [1.82, 2.24) is 0 Å². The van der Waals surface area contributed by atoms with E-state index in [1.54, 1.807) is 6.92 Å². The highest BCUT2D eigenvalue weighted by Gasteiger charge is 1.99. The minimum absolute atomic E-state index is 0.290. The quantitative estimate of drug-likeness (QED) is 0.797. The monoisotopic (exact) mass is 194 g/mol.